The number of ether oxygens (including phenoxy) is 1. The first-order chi connectivity index (χ1) is 12.5. The molecule has 0 bridgehead atoms. The molecule has 26 heavy (non-hydrogen) atoms. The van der Waals surface area contributed by atoms with Crippen LogP contribution in [0.2, 0.25) is 0 Å². The molecule has 3 rings (SSSR count). The van der Waals surface area contributed by atoms with Gasteiger partial charge in [0.2, 0.25) is 0 Å². The van der Waals surface area contributed by atoms with Crippen LogP contribution in [0.4, 0.5) is 17.1 Å². The Kier molecular flexibility index (Phi) is 5.42. The van der Waals surface area contributed by atoms with E-state index in [1.165, 1.54) is 0 Å². The number of pyridine rings is 1. The summed E-state index contributed by atoms with van der Waals surface area (Å²) >= 11 is 3.49. The molecule has 0 spiro atoms. The summed E-state index contributed by atoms with van der Waals surface area (Å²) in [5, 5.41) is 4.22. The van der Waals surface area contributed by atoms with Gasteiger partial charge in [0.15, 0.2) is 0 Å². The zero-order valence-electron chi connectivity index (χ0n) is 14.9. The summed E-state index contributed by atoms with van der Waals surface area (Å²) < 4.78 is 6.11. The van der Waals surface area contributed by atoms with Crippen LogP contribution in [0.15, 0.2) is 53.1 Å². The highest BCUT2D eigenvalue weighted by molar-refractivity contribution is 9.10. The minimum Gasteiger partial charge on any atom is -0.462 e. The highest BCUT2D eigenvalue weighted by Crippen LogP contribution is 2.32. The summed E-state index contributed by atoms with van der Waals surface area (Å²) in [5.41, 5.74) is 3.88. The van der Waals surface area contributed by atoms with E-state index in [1.54, 1.807) is 13.1 Å². The van der Waals surface area contributed by atoms with Crippen molar-refractivity contribution in [1.82, 2.24) is 4.98 Å². The Balaban J connectivity index is 2.09. The molecule has 0 aliphatic rings. The van der Waals surface area contributed by atoms with Gasteiger partial charge in [0.25, 0.3) is 0 Å². The summed E-state index contributed by atoms with van der Waals surface area (Å²) in [6.07, 6.45) is 1.56. The molecular weight excluding hydrogens is 394 g/mol. The van der Waals surface area contributed by atoms with Gasteiger partial charge in [-0.1, -0.05) is 15.9 Å². The molecule has 0 atom stereocenters. The van der Waals surface area contributed by atoms with Gasteiger partial charge in [0.05, 0.1) is 17.8 Å². The second kappa shape index (κ2) is 7.74. The highest BCUT2D eigenvalue weighted by Gasteiger charge is 2.17. The monoisotopic (exact) mass is 413 g/mol. The van der Waals surface area contributed by atoms with Gasteiger partial charge in [0, 0.05) is 41.5 Å². The average molecular weight is 414 g/mol. The van der Waals surface area contributed by atoms with Crippen molar-refractivity contribution in [1.29, 1.82) is 0 Å². The van der Waals surface area contributed by atoms with Crippen LogP contribution < -0.4 is 10.2 Å². The molecule has 0 unspecified atom stereocenters. The van der Waals surface area contributed by atoms with Gasteiger partial charge in [-0.2, -0.15) is 0 Å². The molecule has 134 valence electrons. The molecule has 0 saturated carbocycles. The number of anilines is 3. The zero-order chi connectivity index (χ0) is 18.7. The fraction of sp³-hybridized carbons (Fsp3) is 0.200. The van der Waals surface area contributed by atoms with Gasteiger partial charge in [-0.15, -0.1) is 0 Å². The molecule has 5 nitrogen and oxygen atoms in total. The third kappa shape index (κ3) is 3.80. The number of hydrogen-bond donors (Lipinski definition) is 1. The normalized spacial score (nSPS) is 10.6. The molecule has 3 aromatic rings. The van der Waals surface area contributed by atoms with Crippen molar-refractivity contribution in [3.8, 4) is 0 Å². The lowest BCUT2D eigenvalue weighted by Crippen LogP contribution is -2.10. The zero-order valence-corrected chi connectivity index (χ0v) is 16.5. The van der Waals surface area contributed by atoms with E-state index in [-0.39, 0.29) is 0 Å². The second-order valence-corrected chi connectivity index (χ2v) is 6.91. The predicted octanol–water partition coefficient (Wildman–Crippen LogP) is 4.98. The number of esters is 1. The van der Waals surface area contributed by atoms with E-state index in [1.807, 2.05) is 61.5 Å². The SMILES string of the molecule is CCOC(=O)c1cnc2ccc(Br)cc2c1Nc1ccc(N(C)C)cc1. The number of rotatable bonds is 5. The molecule has 1 aromatic heterocycles. The predicted molar refractivity (Wildman–Crippen MR) is 109 cm³/mol. The van der Waals surface area contributed by atoms with Crippen LogP contribution in [-0.2, 0) is 4.74 Å². The second-order valence-electron chi connectivity index (χ2n) is 6.00. The Morgan fingerprint density at radius 1 is 1.19 bits per heavy atom. The maximum absolute atomic E-state index is 12.4. The molecule has 0 radical (unpaired) electrons. The van der Waals surface area contributed by atoms with Crippen molar-refractivity contribution in [2.24, 2.45) is 0 Å². The Hall–Kier alpha value is -2.60. The maximum Gasteiger partial charge on any atom is 0.341 e. The minimum absolute atomic E-state index is 0.312. The van der Waals surface area contributed by atoms with Crippen molar-refractivity contribution < 1.29 is 9.53 Å². The highest BCUT2D eigenvalue weighted by atomic mass is 79.9. The molecule has 2 aromatic carbocycles. The number of fused-ring (bicyclic) bond motifs is 1. The summed E-state index contributed by atoms with van der Waals surface area (Å²) in [5.74, 6) is -0.394. The lowest BCUT2D eigenvalue weighted by molar-refractivity contribution is 0.0527. The number of carbonyl (C=O) groups is 1. The average Bonchev–Trinajstić information content (AvgIpc) is 2.62. The molecular formula is C20H20BrN3O2. The van der Waals surface area contributed by atoms with Crippen LogP contribution in [0, 0.1) is 0 Å². The quantitative estimate of drug-likeness (QED) is 0.597. The van der Waals surface area contributed by atoms with Crippen LogP contribution >= 0.6 is 15.9 Å². The van der Waals surface area contributed by atoms with Crippen molar-refractivity contribution in [3.05, 3.63) is 58.7 Å². The van der Waals surface area contributed by atoms with Gasteiger partial charge in [-0.3, -0.25) is 4.98 Å². The van der Waals surface area contributed by atoms with E-state index < -0.39 is 5.97 Å². The van der Waals surface area contributed by atoms with E-state index in [4.69, 9.17) is 4.74 Å². The number of nitrogens with one attached hydrogen (secondary N) is 1. The van der Waals surface area contributed by atoms with Crippen molar-refractivity contribution in [2.45, 2.75) is 6.92 Å². The Bertz CT molecular complexity index is 940. The molecule has 0 aliphatic carbocycles. The summed E-state index contributed by atoms with van der Waals surface area (Å²) in [7, 11) is 3.99. The van der Waals surface area contributed by atoms with Gasteiger partial charge < -0.3 is 15.0 Å². The van der Waals surface area contributed by atoms with Crippen LogP contribution in [0.5, 0.6) is 0 Å². The number of benzene rings is 2. The number of nitrogens with zero attached hydrogens (tertiary/aromatic N) is 2. The fourth-order valence-electron chi connectivity index (χ4n) is 2.65. The first-order valence-corrected chi connectivity index (χ1v) is 9.08. The maximum atomic E-state index is 12.4. The van der Waals surface area contributed by atoms with Crippen LogP contribution in [0.3, 0.4) is 0 Å². The van der Waals surface area contributed by atoms with Gasteiger partial charge in [0.1, 0.15) is 5.56 Å². The van der Waals surface area contributed by atoms with Crippen LogP contribution in [0.1, 0.15) is 17.3 Å². The molecule has 1 heterocycles. The van der Waals surface area contributed by atoms with E-state index in [0.717, 1.165) is 26.8 Å². The van der Waals surface area contributed by atoms with Gasteiger partial charge in [-0.05, 0) is 49.4 Å². The van der Waals surface area contributed by atoms with Crippen LogP contribution in [-0.4, -0.2) is 31.7 Å². The molecule has 0 fully saturated rings. The third-order valence-electron chi connectivity index (χ3n) is 3.98. The Morgan fingerprint density at radius 3 is 2.58 bits per heavy atom. The Labute approximate surface area is 161 Å². The van der Waals surface area contributed by atoms with Gasteiger partial charge in [-0.25, -0.2) is 4.79 Å². The molecule has 1 N–H and O–H groups in total. The van der Waals surface area contributed by atoms with E-state index in [9.17, 15) is 4.79 Å². The number of aromatic nitrogens is 1. The first-order valence-electron chi connectivity index (χ1n) is 8.29. The van der Waals surface area contributed by atoms with E-state index in [0.29, 0.717) is 17.9 Å². The van der Waals surface area contributed by atoms with Crippen molar-refractivity contribution in [3.63, 3.8) is 0 Å². The minimum atomic E-state index is -0.394. The third-order valence-corrected chi connectivity index (χ3v) is 4.47. The van der Waals surface area contributed by atoms with Gasteiger partial charge >= 0.3 is 5.97 Å². The van der Waals surface area contributed by atoms with Crippen molar-refractivity contribution in [2.75, 3.05) is 30.9 Å². The number of hydrogen-bond acceptors (Lipinski definition) is 5. The molecule has 0 saturated heterocycles. The molecule has 0 aliphatic heterocycles. The molecule has 6 heteroatoms. The summed E-state index contributed by atoms with van der Waals surface area (Å²) in [6, 6.07) is 13.8. The lowest BCUT2D eigenvalue weighted by atomic mass is 10.1. The van der Waals surface area contributed by atoms with E-state index in [2.05, 4.69) is 26.2 Å². The Morgan fingerprint density at radius 2 is 1.92 bits per heavy atom. The largest absolute Gasteiger partial charge is 0.462 e. The number of halogens is 1. The number of carbonyl (C=O) groups excluding carboxylic acids is 1. The first kappa shape index (κ1) is 18.2. The topological polar surface area (TPSA) is 54.5 Å². The van der Waals surface area contributed by atoms with Crippen molar-refractivity contribution >= 4 is 49.9 Å². The molecule has 0 amide bonds. The summed E-state index contributed by atoms with van der Waals surface area (Å²) in [6.45, 7) is 2.10. The lowest BCUT2D eigenvalue weighted by Gasteiger charge is -2.16. The smallest absolute Gasteiger partial charge is 0.341 e. The fourth-order valence-corrected chi connectivity index (χ4v) is 3.01. The summed E-state index contributed by atoms with van der Waals surface area (Å²) in [4.78, 5) is 18.8. The standard InChI is InChI=1S/C20H20BrN3O2/c1-4-26-20(25)17-12-22-18-10-5-13(21)11-16(18)19(17)23-14-6-8-15(9-7-14)24(2)3/h5-12H,4H2,1-3H3,(H,22,23). The van der Waals surface area contributed by atoms with Crippen LogP contribution in [0.25, 0.3) is 10.9 Å². The van der Waals surface area contributed by atoms with E-state index >= 15 is 0 Å².